The second-order valence-electron chi connectivity index (χ2n) is 4.04. The molecule has 1 aromatic heterocycles. The molecule has 0 atom stereocenters. The molecule has 1 amide bonds. The largest absolute Gasteiger partial charge is 0.480 e. The van der Waals surface area contributed by atoms with Gasteiger partial charge in [-0.05, 0) is 23.3 Å². The van der Waals surface area contributed by atoms with Gasteiger partial charge in [0.2, 0.25) is 11.1 Å². The minimum absolute atomic E-state index is 0.00683. The Morgan fingerprint density at radius 2 is 2.28 bits per heavy atom. The van der Waals surface area contributed by atoms with E-state index in [-0.39, 0.29) is 18.2 Å². The minimum Gasteiger partial charge on any atom is -0.480 e. The van der Waals surface area contributed by atoms with Crippen LogP contribution in [0, 0.1) is 0 Å². The van der Waals surface area contributed by atoms with Crippen molar-refractivity contribution in [2.45, 2.75) is 30.6 Å². The second-order valence-corrected chi connectivity index (χ2v) is 4.98. The van der Waals surface area contributed by atoms with E-state index in [4.69, 9.17) is 5.11 Å². The van der Waals surface area contributed by atoms with E-state index < -0.39 is 5.97 Å². The SMILES string of the molecule is CN(C(=O)CSc1nnnn1CC(=O)O)C1CC1. The molecule has 0 unspecified atom stereocenters. The number of tetrazole rings is 1. The van der Waals surface area contributed by atoms with Crippen LogP contribution >= 0.6 is 11.8 Å². The maximum Gasteiger partial charge on any atom is 0.325 e. The van der Waals surface area contributed by atoms with Crippen molar-refractivity contribution in [1.29, 1.82) is 0 Å². The molecule has 0 aromatic carbocycles. The van der Waals surface area contributed by atoms with Gasteiger partial charge in [0.1, 0.15) is 6.54 Å². The summed E-state index contributed by atoms with van der Waals surface area (Å²) in [4.78, 5) is 24.0. The molecule has 1 fully saturated rings. The molecule has 0 radical (unpaired) electrons. The number of carboxylic acids is 1. The van der Waals surface area contributed by atoms with Crippen molar-refractivity contribution in [2.75, 3.05) is 12.8 Å². The van der Waals surface area contributed by atoms with Gasteiger partial charge in [-0.25, -0.2) is 4.68 Å². The summed E-state index contributed by atoms with van der Waals surface area (Å²) in [5.74, 6) is -0.801. The number of nitrogens with zero attached hydrogens (tertiary/aromatic N) is 5. The molecule has 0 saturated heterocycles. The molecule has 1 aliphatic carbocycles. The Bertz CT molecular complexity index is 459. The number of aromatic nitrogens is 4. The fourth-order valence-corrected chi connectivity index (χ4v) is 2.22. The standard InChI is InChI=1S/C9H13N5O3S/c1-13(6-2-3-6)7(15)5-18-9-10-11-12-14(9)4-8(16)17/h6H,2-5H2,1H3,(H,16,17). The first kappa shape index (κ1) is 12.8. The fourth-order valence-electron chi connectivity index (χ4n) is 1.42. The number of carboxylic acid groups (broad SMARTS) is 1. The molecular weight excluding hydrogens is 258 g/mol. The van der Waals surface area contributed by atoms with Crippen LogP contribution in [0.3, 0.4) is 0 Å². The Kier molecular flexibility index (Phi) is 3.80. The van der Waals surface area contributed by atoms with Gasteiger partial charge in [0, 0.05) is 13.1 Å². The van der Waals surface area contributed by atoms with Crippen LogP contribution < -0.4 is 0 Å². The number of carbonyl (C=O) groups excluding carboxylic acids is 1. The first-order valence-corrected chi connectivity index (χ1v) is 6.43. The lowest BCUT2D eigenvalue weighted by molar-refractivity contribution is -0.138. The van der Waals surface area contributed by atoms with Crippen molar-refractivity contribution in [2.24, 2.45) is 0 Å². The highest BCUT2D eigenvalue weighted by Gasteiger charge is 2.29. The molecule has 1 N–H and O–H groups in total. The molecular formula is C9H13N5O3S. The highest BCUT2D eigenvalue weighted by molar-refractivity contribution is 7.99. The molecule has 9 heteroatoms. The molecule has 1 heterocycles. The first-order chi connectivity index (χ1) is 8.58. The summed E-state index contributed by atoms with van der Waals surface area (Å²) in [6, 6.07) is 0.369. The monoisotopic (exact) mass is 271 g/mol. The third-order valence-electron chi connectivity index (χ3n) is 2.60. The predicted molar refractivity (Wildman–Crippen MR) is 62.0 cm³/mol. The van der Waals surface area contributed by atoms with Crippen molar-refractivity contribution < 1.29 is 14.7 Å². The fraction of sp³-hybridized carbons (Fsp3) is 0.667. The zero-order valence-corrected chi connectivity index (χ0v) is 10.6. The number of aliphatic carboxylic acids is 1. The summed E-state index contributed by atoms with van der Waals surface area (Å²) in [5.41, 5.74) is 0. The Balaban J connectivity index is 1.87. The topological polar surface area (TPSA) is 101 Å². The van der Waals surface area contributed by atoms with Crippen LogP contribution in [0.15, 0.2) is 5.16 Å². The molecule has 1 saturated carbocycles. The highest BCUT2D eigenvalue weighted by Crippen LogP contribution is 2.26. The quantitative estimate of drug-likeness (QED) is 0.694. The van der Waals surface area contributed by atoms with Crippen LogP contribution in [0.5, 0.6) is 0 Å². The number of rotatable bonds is 6. The number of hydrogen-bond acceptors (Lipinski definition) is 6. The van der Waals surface area contributed by atoms with Gasteiger partial charge in [-0.15, -0.1) is 5.10 Å². The average Bonchev–Trinajstić information content (AvgIpc) is 3.07. The Morgan fingerprint density at radius 1 is 1.56 bits per heavy atom. The number of carbonyl (C=O) groups is 2. The van der Waals surface area contributed by atoms with Gasteiger partial charge in [0.05, 0.1) is 5.75 Å². The summed E-state index contributed by atoms with van der Waals surface area (Å²) in [5, 5.41) is 19.6. The van der Waals surface area contributed by atoms with Gasteiger partial charge in [0.25, 0.3) is 0 Å². The van der Waals surface area contributed by atoms with Crippen molar-refractivity contribution in [3.8, 4) is 0 Å². The third-order valence-corrected chi connectivity index (χ3v) is 3.54. The normalized spacial score (nSPS) is 14.5. The zero-order chi connectivity index (χ0) is 13.1. The van der Waals surface area contributed by atoms with Crippen LogP contribution in [0.4, 0.5) is 0 Å². The molecule has 18 heavy (non-hydrogen) atoms. The van der Waals surface area contributed by atoms with Gasteiger partial charge in [-0.3, -0.25) is 9.59 Å². The Morgan fingerprint density at radius 3 is 2.89 bits per heavy atom. The number of amides is 1. The first-order valence-electron chi connectivity index (χ1n) is 5.44. The molecule has 0 bridgehead atoms. The van der Waals surface area contributed by atoms with Crippen molar-refractivity contribution >= 4 is 23.6 Å². The van der Waals surface area contributed by atoms with E-state index in [0.717, 1.165) is 29.3 Å². The van der Waals surface area contributed by atoms with E-state index in [0.29, 0.717) is 11.2 Å². The van der Waals surface area contributed by atoms with E-state index in [1.54, 1.807) is 11.9 Å². The van der Waals surface area contributed by atoms with Crippen molar-refractivity contribution in [3.05, 3.63) is 0 Å². The number of hydrogen-bond donors (Lipinski definition) is 1. The van der Waals surface area contributed by atoms with E-state index in [2.05, 4.69) is 15.5 Å². The number of thioether (sulfide) groups is 1. The van der Waals surface area contributed by atoms with Gasteiger partial charge in [-0.2, -0.15) is 0 Å². The van der Waals surface area contributed by atoms with Crippen LogP contribution in [0.1, 0.15) is 12.8 Å². The lowest BCUT2D eigenvalue weighted by Crippen LogP contribution is -2.30. The molecule has 1 aliphatic rings. The smallest absolute Gasteiger partial charge is 0.325 e. The van der Waals surface area contributed by atoms with Gasteiger partial charge in [-0.1, -0.05) is 11.8 Å². The van der Waals surface area contributed by atoms with E-state index in [9.17, 15) is 9.59 Å². The molecule has 2 rings (SSSR count). The molecule has 0 aliphatic heterocycles. The summed E-state index contributed by atoms with van der Waals surface area (Å²) in [6.07, 6.45) is 2.12. The lowest BCUT2D eigenvalue weighted by Gasteiger charge is -2.15. The highest BCUT2D eigenvalue weighted by atomic mass is 32.2. The van der Waals surface area contributed by atoms with Crippen molar-refractivity contribution in [3.63, 3.8) is 0 Å². The predicted octanol–water partition coefficient (Wildman–Crippen LogP) is -0.529. The summed E-state index contributed by atoms with van der Waals surface area (Å²) < 4.78 is 1.16. The summed E-state index contributed by atoms with van der Waals surface area (Å²) >= 11 is 1.15. The van der Waals surface area contributed by atoms with E-state index in [1.165, 1.54) is 0 Å². The molecule has 1 aromatic rings. The Hall–Kier alpha value is -1.64. The zero-order valence-electron chi connectivity index (χ0n) is 9.81. The third kappa shape index (κ3) is 3.19. The van der Waals surface area contributed by atoms with E-state index >= 15 is 0 Å². The van der Waals surface area contributed by atoms with Gasteiger partial charge >= 0.3 is 5.97 Å². The average molecular weight is 271 g/mol. The molecule has 8 nitrogen and oxygen atoms in total. The van der Waals surface area contributed by atoms with Crippen molar-refractivity contribution in [1.82, 2.24) is 25.1 Å². The lowest BCUT2D eigenvalue weighted by atomic mass is 10.5. The summed E-state index contributed by atoms with van der Waals surface area (Å²) in [7, 11) is 1.78. The van der Waals surface area contributed by atoms with Gasteiger partial charge < -0.3 is 10.0 Å². The van der Waals surface area contributed by atoms with Crippen LogP contribution in [0.2, 0.25) is 0 Å². The minimum atomic E-state index is -1.02. The second kappa shape index (κ2) is 5.34. The molecule has 98 valence electrons. The van der Waals surface area contributed by atoms with Crippen LogP contribution in [-0.2, 0) is 16.1 Å². The van der Waals surface area contributed by atoms with Crippen LogP contribution in [-0.4, -0.2) is 60.9 Å². The van der Waals surface area contributed by atoms with E-state index in [1.807, 2.05) is 0 Å². The maximum absolute atomic E-state index is 11.8. The maximum atomic E-state index is 11.8. The van der Waals surface area contributed by atoms with Gasteiger partial charge in [0.15, 0.2) is 0 Å². The summed E-state index contributed by atoms with van der Waals surface area (Å²) in [6.45, 7) is -0.304. The van der Waals surface area contributed by atoms with Crippen LogP contribution in [0.25, 0.3) is 0 Å². The Labute approximate surface area is 107 Å². The molecule has 0 spiro atoms.